The van der Waals surface area contributed by atoms with Gasteiger partial charge in [-0.15, -0.1) is 0 Å². The lowest BCUT2D eigenvalue weighted by Crippen LogP contribution is -2.56. The summed E-state index contributed by atoms with van der Waals surface area (Å²) in [6.45, 7) is 0. The molecule has 0 bridgehead atoms. The van der Waals surface area contributed by atoms with Crippen molar-refractivity contribution in [1.82, 2.24) is 5.01 Å². The Morgan fingerprint density at radius 3 is 2.28 bits per heavy atom. The molecule has 1 heterocycles. The zero-order valence-corrected chi connectivity index (χ0v) is 13.4. The first kappa shape index (κ1) is 17.4. The molecule has 2 aromatic rings. The Labute approximate surface area is 146 Å². The van der Waals surface area contributed by atoms with Crippen molar-refractivity contribution in [1.29, 1.82) is 0 Å². The highest BCUT2D eigenvalue weighted by Crippen LogP contribution is 2.42. The Bertz CT molecular complexity index is 822. The van der Waals surface area contributed by atoms with Crippen molar-refractivity contribution in [2.75, 3.05) is 0 Å². The number of hydrogen-bond acceptors (Lipinski definition) is 3. The van der Waals surface area contributed by atoms with Gasteiger partial charge in [-0.05, 0) is 29.8 Å². The van der Waals surface area contributed by atoms with E-state index in [1.165, 1.54) is 48.5 Å². The van der Waals surface area contributed by atoms with E-state index in [9.17, 15) is 23.1 Å². The van der Waals surface area contributed by atoms with E-state index in [-0.39, 0.29) is 16.3 Å². The second-order valence-corrected chi connectivity index (χ2v) is 5.96. The number of benzene rings is 2. The van der Waals surface area contributed by atoms with Gasteiger partial charge in [0, 0.05) is 10.6 Å². The lowest BCUT2D eigenvalue weighted by Gasteiger charge is -2.32. The highest BCUT2D eigenvalue weighted by molar-refractivity contribution is 6.30. The fourth-order valence-electron chi connectivity index (χ4n) is 2.49. The summed E-state index contributed by atoms with van der Waals surface area (Å²) in [5, 5.41) is 14.5. The Morgan fingerprint density at radius 1 is 1.12 bits per heavy atom. The smallest absolute Gasteiger partial charge is 0.362 e. The summed E-state index contributed by atoms with van der Waals surface area (Å²) in [6, 6.07) is 13.3. The van der Waals surface area contributed by atoms with Gasteiger partial charge in [0.1, 0.15) is 0 Å². The summed E-state index contributed by atoms with van der Waals surface area (Å²) in [6.07, 6.45) is -5.94. The SMILES string of the molecule is O=C(c1ccccc1)N1N=C(c2ccc(Cl)cc2)C[C@]1(O)C(F)(F)F. The number of carbonyl (C=O) groups is 1. The van der Waals surface area contributed by atoms with E-state index in [2.05, 4.69) is 5.10 Å². The molecule has 8 heteroatoms. The second-order valence-electron chi connectivity index (χ2n) is 5.53. The molecule has 0 spiro atoms. The maximum Gasteiger partial charge on any atom is 0.438 e. The van der Waals surface area contributed by atoms with E-state index in [1.807, 2.05) is 0 Å². The number of carbonyl (C=O) groups excluding carboxylic acids is 1. The molecular formula is C17H12ClF3N2O2. The van der Waals surface area contributed by atoms with E-state index in [0.717, 1.165) is 0 Å². The number of alkyl halides is 3. The number of hydrogen-bond donors (Lipinski definition) is 1. The van der Waals surface area contributed by atoms with Crippen molar-refractivity contribution in [3.05, 3.63) is 70.7 Å². The van der Waals surface area contributed by atoms with Crippen molar-refractivity contribution in [3.63, 3.8) is 0 Å². The maximum absolute atomic E-state index is 13.5. The van der Waals surface area contributed by atoms with Gasteiger partial charge in [0.2, 0.25) is 0 Å². The minimum Gasteiger partial charge on any atom is -0.362 e. The third-order valence-electron chi connectivity index (χ3n) is 3.83. The third kappa shape index (κ3) is 3.12. The highest BCUT2D eigenvalue weighted by atomic mass is 35.5. The molecule has 0 saturated carbocycles. The molecule has 0 unspecified atom stereocenters. The van der Waals surface area contributed by atoms with E-state index in [4.69, 9.17) is 11.6 Å². The topological polar surface area (TPSA) is 52.9 Å². The van der Waals surface area contributed by atoms with Crippen molar-refractivity contribution in [2.24, 2.45) is 5.10 Å². The quantitative estimate of drug-likeness (QED) is 0.875. The molecule has 130 valence electrons. The van der Waals surface area contributed by atoms with Crippen LogP contribution in [0.1, 0.15) is 22.3 Å². The van der Waals surface area contributed by atoms with Crippen LogP contribution in [0.5, 0.6) is 0 Å². The van der Waals surface area contributed by atoms with Gasteiger partial charge in [-0.3, -0.25) is 4.79 Å². The number of rotatable bonds is 2. The first-order chi connectivity index (χ1) is 11.7. The van der Waals surface area contributed by atoms with Gasteiger partial charge in [0.25, 0.3) is 11.6 Å². The molecule has 2 aromatic carbocycles. The minimum absolute atomic E-state index is 0.00807. The average Bonchev–Trinajstić information content (AvgIpc) is 2.94. The number of amides is 1. The number of nitrogens with zero attached hydrogens (tertiary/aromatic N) is 2. The van der Waals surface area contributed by atoms with Crippen molar-refractivity contribution in [2.45, 2.75) is 18.3 Å². The summed E-state index contributed by atoms with van der Waals surface area (Å²) < 4.78 is 40.5. The zero-order chi connectivity index (χ0) is 18.2. The molecule has 0 radical (unpaired) electrons. The fraction of sp³-hybridized carbons (Fsp3) is 0.176. The van der Waals surface area contributed by atoms with Gasteiger partial charge in [-0.25, -0.2) is 0 Å². The molecule has 0 aromatic heterocycles. The molecule has 0 saturated heterocycles. The van der Waals surface area contributed by atoms with Crippen LogP contribution < -0.4 is 0 Å². The summed E-state index contributed by atoms with van der Waals surface area (Å²) in [7, 11) is 0. The number of halogens is 4. The Morgan fingerprint density at radius 2 is 1.72 bits per heavy atom. The lowest BCUT2D eigenvalue weighted by atomic mass is 10.0. The van der Waals surface area contributed by atoms with Crippen LogP contribution in [-0.4, -0.2) is 33.6 Å². The maximum atomic E-state index is 13.5. The Kier molecular flexibility index (Phi) is 4.30. The standard InChI is InChI=1S/C17H12ClF3N2O2/c18-13-8-6-11(7-9-13)14-10-16(25,17(19,20)21)23(22-14)15(24)12-4-2-1-3-5-12/h1-9,25H,10H2/t16-/m0/s1. The largest absolute Gasteiger partial charge is 0.438 e. The van der Waals surface area contributed by atoms with Crippen LogP contribution in [0.25, 0.3) is 0 Å². The van der Waals surface area contributed by atoms with E-state index >= 15 is 0 Å². The van der Waals surface area contributed by atoms with E-state index < -0.39 is 24.2 Å². The molecule has 1 atom stereocenters. The highest BCUT2D eigenvalue weighted by Gasteiger charge is 2.63. The van der Waals surface area contributed by atoms with Gasteiger partial charge in [-0.1, -0.05) is 41.9 Å². The molecule has 1 N–H and O–H groups in total. The fourth-order valence-corrected chi connectivity index (χ4v) is 2.61. The summed E-state index contributed by atoms with van der Waals surface area (Å²) >= 11 is 5.77. The molecule has 0 aliphatic carbocycles. The zero-order valence-electron chi connectivity index (χ0n) is 12.7. The van der Waals surface area contributed by atoms with Gasteiger partial charge < -0.3 is 5.11 Å². The first-order valence-electron chi connectivity index (χ1n) is 7.24. The molecule has 1 amide bonds. The van der Waals surface area contributed by atoms with Crippen LogP contribution in [0.4, 0.5) is 13.2 Å². The van der Waals surface area contributed by atoms with Crippen LogP contribution in [0, 0.1) is 0 Å². The van der Waals surface area contributed by atoms with Crippen molar-refractivity contribution < 1.29 is 23.1 Å². The predicted octanol–water partition coefficient (Wildman–Crippen LogP) is 3.84. The van der Waals surface area contributed by atoms with E-state index in [1.54, 1.807) is 6.07 Å². The molecule has 1 aliphatic rings. The molecule has 25 heavy (non-hydrogen) atoms. The van der Waals surface area contributed by atoms with Gasteiger partial charge in [-0.2, -0.15) is 23.3 Å². The normalized spacial score (nSPS) is 20.5. The van der Waals surface area contributed by atoms with Crippen molar-refractivity contribution >= 4 is 23.2 Å². The summed E-state index contributed by atoms with van der Waals surface area (Å²) in [5.41, 5.74) is -3.13. The van der Waals surface area contributed by atoms with Crippen LogP contribution in [-0.2, 0) is 0 Å². The lowest BCUT2D eigenvalue weighted by molar-refractivity contribution is -0.297. The first-order valence-corrected chi connectivity index (χ1v) is 7.62. The van der Waals surface area contributed by atoms with Crippen LogP contribution >= 0.6 is 11.6 Å². The summed E-state index contributed by atoms with van der Waals surface area (Å²) in [5.74, 6) is -1.04. The van der Waals surface area contributed by atoms with Crippen LogP contribution in [0.2, 0.25) is 5.02 Å². The Balaban J connectivity index is 2.04. The molecule has 1 aliphatic heterocycles. The van der Waals surface area contributed by atoms with Crippen LogP contribution in [0.3, 0.4) is 0 Å². The average molecular weight is 369 g/mol. The molecule has 0 fully saturated rings. The predicted molar refractivity (Wildman–Crippen MR) is 86.2 cm³/mol. The number of hydrazone groups is 1. The molecule has 3 rings (SSSR count). The molecular weight excluding hydrogens is 357 g/mol. The molecule has 4 nitrogen and oxygen atoms in total. The third-order valence-corrected chi connectivity index (χ3v) is 4.08. The van der Waals surface area contributed by atoms with Gasteiger partial charge in [0.05, 0.1) is 12.1 Å². The van der Waals surface area contributed by atoms with Gasteiger partial charge >= 0.3 is 6.18 Å². The monoisotopic (exact) mass is 368 g/mol. The van der Waals surface area contributed by atoms with E-state index in [0.29, 0.717) is 10.6 Å². The number of aliphatic hydroxyl groups is 1. The minimum atomic E-state index is -5.07. The van der Waals surface area contributed by atoms with Crippen molar-refractivity contribution in [3.8, 4) is 0 Å². The second kappa shape index (κ2) is 6.16. The Hall–Kier alpha value is -2.38. The van der Waals surface area contributed by atoms with Crippen LogP contribution in [0.15, 0.2) is 59.7 Å². The summed E-state index contributed by atoms with van der Waals surface area (Å²) in [4.78, 5) is 12.5. The van der Waals surface area contributed by atoms with Gasteiger partial charge in [0.15, 0.2) is 0 Å².